The highest BCUT2D eigenvalue weighted by atomic mass is 19.4. The molecule has 0 bridgehead atoms. The summed E-state index contributed by atoms with van der Waals surface area (Å²) in [7, 11) is 0. The van der Waals surface area contributed by atoms with Crippen molar-refractivity contribution in [2.24, 2.45) is 5.92 Å². The van der Waals surface area contributed by atoms with Gasteiger partial charge in [0.1, 0.15) is 5.76 Å². The first-order chi connectivity index (χ1) is 5.81. The molecule has 0 atom stereocenters. The minimum atomic E-state index is -4.59. The van der Waals surface area contributed by atoms with Crippen LogP contribution in [0.15, 0.2) is 24.0 Å². The highest BCUT2D eigenvalue weighted by Gasteiger charge is 2.30. The third kappa shape index (κ3) is 8.98. The van der Waals surface area contributed by atoms with Gasteiger partial charge < -0.3 is 4.74 Å². The lowest BCUT2D eigenvalue weighted by Crippen LogP contribution is -2.11. The smallest absolute Gasteiger partial charge is 0.411 e. The lowest BCUT2D eigenvalue weighted by molar-refractivity contribution is -0.305. The van der Waals surface area contributed by atoms with E-state index in [1.165, 1.54) is 13.0 Å². The summed E-state index contributed by atoms with van der Waals surface area (Å²) in [6.07, 6.45) is 0.0225. The Balaban J connectivity index is 4.04. The molecule has 0 unspecified atom stereocenters. The van der Waals surface area contributed by atoms with Crippen molar-refractivity contribution in [3.8, 4) is 0 Å². The molecular weight excluding hydrogens is 181 g/mol. The van der Waals surface area contributed by atoms with Crippen LogP contribution >= 0.6 is 0 Å². The van der Waals surface area contributed by atoms with Crippen LogP contribution in [0.25, 0.3) is 0 Å². The molecule has 13 heavy (non-hydrogen) atoms. The minimum Gasteiger partial charge on any atom is -0.411 e. The summed E-state index contributed by atoms with van der Waals surface area (Å²) < 4.78 is 38.4. The lowest BCUT2D eigenvalue weighted by atomic mass is 10.2. The molecule has 0 spiro atoms. The molecule has 0 amide bonds. The number of allylic oxidation sites excluding steroid dienone is 4. The van der Waals surface area contributed by atoms with E-state index in [0.29, 0.717) is 5.92 Å². The van der Waals surface area contributed by atoms with Crippen molar-refractivity contribution in [2.75, 3.05) is 0 Å². The summed E-state index contributed by atoms with van der Waals surface area (Å²) in [5, 5.41) is 0. The molecule has 0 fully saturated rings. The zero-order chi connectivity index (χ0) is 10.5. The predicted octanol–water partition coefficient (Wildman–Crippen LogP) is 3.64. The van der Waals surface area contributed by atoms with Gasteiger partial charge in [0.15, 0.2) is 0 Å². The van der Waals surface area contributed by atoms with Crippen molar-refractivity contribution in [3.63, 3.8) is 0 Å². The van der Waals surface area contributed by atoms with Crippen molar-refractivity contribution in [3.05, 3.63) is 24.0 Å². The molecule has 0 aromatic carbocycles. The Morgan fingerprint density at radius 1 is 1.31 bits per heavy atom. The van der Waals surface area contributed by atoms with E-state index in [1.807, 2.05) is 13.8 Å². The third-order valence-corrected chi connectivity index (χ3v) is 1.10. The van der Waals surface area contributed by atoms with Gasteiger partial charge in [0.2, 0.25) is 0 Å². The van der Waals surface area contributed by atoms with Gasteiger partial charge in [-0.1, -0.05) is 26.0 Å². The summed E-state index contributed by atoms with van der Waals surface area (Å²) in [6.45, 7) is 5.13. The van der Waals surface area contributed by atoms with E-state index in [0.717, 1.165) is 0 Å². The Morgan fingerprint density at radius 3 is 2.23 bits per heavy atom. The van der Waals surface area contributed by atoms with Crippen LogP contribution in [0.1, 0.15) is 20.8 Å². The fourth-order valence-electron chi connectivity index (χ4n) is 0.630. The monoisotopic (exact) mass is 194 g/mol. The zero-order valence-electron chi connectivity index (χ0n) is 7.85. The van der Waals surface area contributed by atoms with Crippen molar-refractivity contribution in [2.45, 2.75) is 27.1 Å². The molecule has 0 saturated heterocycles. The minimum absolute atomic E-state index is 0.163. The van der Waals surface area contributed by atoms with Crippen molar-refractivity contribution in [1.82, 2.24) is 0 Å². The molecule has 76 valence electrons. The quantitative estimate of drug-likeness (QED) is 0.492. The van der Waals surface area contributed by atoms with E-state index in [1.54, 1.807) is 12.2 Å². The van der Waals surface area contributed by atoms with E-state index < -0.39 is 6.36 Å². The van der Waals surface area contributed by atoms with Crippen LogP contribution in [0.2, 0.25) is 0 Å². The topological polar surface area (TPSA) is 9.23 Å². The molecule has 4 heteroatoms. The highest BCUT2D eigenvalue weighted by Crippen LogP contribution is 2.20. The highest BCUT2D eigenvalue weighted by molar-refractivity contribution is 5.06. The SMILES string of the molecule is C/C(=C\C=C/C(C)C)OC(F)(F)F. The molecule has 0 radical (unpaired) electrons. The normalized spacial score (nSPS) is 14.2. The fourth-order valence-corrected chi connectivity index (χ4v) is 0.630. The molecule has 0 aliphatic rings. The summed E-state index contributed by atoms with van der Waals surface area (Å²) in [6, 6.07) is 0. The molecule has 1 nitrogen and oxygen atoms in total. The van der Waals surface area contributed by atoms with Gasteiger partial charge in [-0.2, -0.15) is 0 Å². The second-order valence-electron chi connectivity index (χ2n) is 2.95. The Labute approximate surface area is 75.9 Å². The van der Waals surface area contributed by atoms with Crippen LogP contribution in [0, 0.1) is 5.92 Å². The van der Waals surface area contributed by atoms with Gasteiger partial charge >= 0.3 is 6.36 Å². The first-order valence-electron chi connectivity index (χ1n) is 3.92. The van der Waals surface area contributed by atoms with Gasteiger partial charge in [0.25, 0.3) is 0 Å². The first-order valence-corrected chi connectivity index (χ1v) is 3.92. The van der Waals surface area contributed by atoms with Crippen molar-refractivity contribution < 1.29 is 17.9 Å². The van der Waals surface area contributed by atoms with Gasteiger partial charge in [-0.25, -0.2) is 0 Å². The molecule has 0 N–H and O–H groups in total. The first kappa shape index (κ1) is 12.1. The van der Waals surface area contributed by atoms with Crippen LogP contribution in [0.4, 0.5) is 13.2 Å². The summed E-state index contributed by atoms with van der Waals surface area (Å²) >= 11 is 0. The standard InChI is InChI=1S/C9H13F3O/c1-7(2)5-4-6-8(3)13-9(10,11)12/h4-7H,1-3H3/b5-4-,8-6+. The molecular formula is C9H13F3O. The maximum absolute atomic E-state index is 11.6. The lowest BCUT2D eigenvalue weighted by Gasteiger charge is -2.07. The molecule has 0 heterocycles. The van der Waals surface area contributed by atoms with Crippen LogP contribution < -0.4 is 0 Å². The van der Waals surface area contributed by atoms with E-state index in [-0.39, 0.29) is 5.76 Å². The molecule has 0 aromatic heterocycles. The van der Waals surface area contributed by atoms with Crippen LogP contribution in [-0.2, 0) is 4.74 Å². The zero-order valence-corrected chi connectivity index (χ0v) is 7.85. The Hall–Kier alpha value is -0.930. The maximum atomic E-state index is 11.6. The summed E-state index contributed by atoms with van der Waals surface area (Å²) in [4.78, 5) is 0. The molecule has 0 aliphatic heterocycles. The number of ether oxygens (including phenoxy) is 1. The van der Waals surface area contributed by atoms with Gasteiger partial charge in [-0.05, 0) is 18.9 Å². The van der Waals surface area contributed by atoms with Crippen molar-refractivity contribution >= 4 is 0 Å². The Bertz CT molecular complexity index is 201. The average Bonchev–Trinajstić information content (AvgIpc) is 1.81. The Kier molecular flexibility index (Phi) is 4.59. The second-order valence-corrected chi connectivity index (χ2v) is 2.95. The van der Waals surface area contributed by atoms with E-state index in [4.69, 9.17) is 0 Å². The predicted molar refractivity (Wildman–Crippen MR) is 44.9 cm³/mol. The number of hydrogen-bond acceptors (Lipinski definition) is 1. The number of alkyl halides is 3. The van der Waals surface area contributed by atoms with Crippen molar-refractivity contribution in [1.29, 1.82) is 0 Å². The molecule has 0 rings (SSSR count). The second kappa shape index (κ2) is 4.94. The summed E-state index contributed by atoms with van der Waals surface area (Å²) in [5.41, 5.74) is 0. The maximum Gasteiger partial charge on any atom is 0.572 e. The van der Waals surface area contributed by atoms with Crippen LogP contribution in [0.3, 0.4) is 0 Å². The van der Waals surface area contributed by atoms with Gasteiger partial charge in [0.05, 0.1) is 0 Å². The number of hydrogen-bond donors (Lipinski definition) is 0. The van der Waals surface area contributed by atoms with Gasteiger partial charge in [-0.3, -0.25) is 0 Å². The summed E-state index contributed by atoms with van der Waals surface area (Å²) in [5.74, 6) is 0.152. The fraction of sp³-hybridized carbons (Fsp3) is 0.556. The molecule has 0 saturated carbocycles. The Morgan fingerprint density at radius 2 is 1.85 bits per heavy atom. The average molecular weight is 194 g/mol. The molecule has 0 aromatic rings. The molecule has 0 aliphatic carbocycles. The third-order valence-electron chi connectivity index (χ3n) is 1.10. The van der Waals surface area contributed by atoms with Crippen LogP contribution in [-0.4, -0.2) is 6.36 Å². The van der Waals surface area contributed by atoms with Gasteiger partial charge in [-0.15, -0.1) is 13.2 Å². The number of halogens is 3. The number of rotatable bonds is 3. The van der Waals surface area contributed by atoms with E-state index in [2.05, 4.69) is 4.74 Å². The van der Waals surface area contributed by atoms with E-state index in [9.17, 15) is 13.2 Å². The van der Waals surface area contributed by atoms with E-state index >= 15 is 0 Å². The van der Waals surface area contributed by atoms with Crippen LogP contribution in [0.5, 0.6) is 0 Å². The largest absolute Gasteiger partial charge is 0.572 e. The van der Waals surface area contributed by atoms with Gasteiger partial charge in [0, 0.05) is 0 Å².